The number of amides is 1. The standard InChI is InChI=1S/C19H17BrFNO3/c1-9-7-12-15-14(8-13(20)18(12)24-9)25-17(16(15)19(23)22-2)10-3-5-11(21)6-4-10/h3-6,8-9,16-17H,7H2,1-2H3,(H,22,23). The first kappa shape index (κ1) is 16.4. The van der Waals surface area contributed by atoms with Gasteiger partial charge in [-0.05, 0) is 46.6 Å². The molecule has 0 aliphatic carbocycles. The monoisotopic (exact) mass is 405 g/mol. The lowest BCUT2D eigenvalue weighted by atomic mass is 9.86. The third kappa shape index (κ3) is 2.59. The van der Waals surface area contributed by atoms with Crippen LogP contribution in [0.25, 0.3) is 0 Å². The van der Waals surface area contributed by atoms with Crippen LogP contribution in [0.4, 0.5) is 4.39 Å². The summed E-state index contributed by atoms with van der Waals surface area (Å²) in [4.78, 5) is 12.7. The Kier molecular flexibility index (Phi) is 3.95. The molecule has 4 nitrogen and oxygen atoms in total. The van der Waals surface area contributed by atoms with Crippen molar-refractivity contribution in [2.45, 2.75) is 31.5 Å². The zero-order chi connectivity index (χ0) is 17.7. The summed E-state index contributed by atoms with van der Waals surface area (Å²) in [6, 6.07) is 7.94. The Hall–Kier alpha value is -2.08. The first-order chi connectivity index (χ1) is 12.0. The van der Waals surface area contributed by atoms with Gasteiger partial charge in [-0.15, -0.1) is 0 Å². The predicted octanol–water partition coefficient (Wildman–Crippen LogP) is 3.87. The molecule has 0 spiro atoms. The fourth-order valence-corrected chi connectivity index (χ4v) is 4.21. The quantitative estimate of drug-likeness (QED) is 0.824. The molecule has 3 unspecified atom stereocenters. The van der Waals surface area contributed by atoms with Crippen molar-refractivity contribution < 1.29 is 18.7 Å². The maximum Gasteiger partial charge on any atom is 0.231 e. The Labute approximate surface area is 153 Å². The zero-order valence-electron chi connectivity index (χ0n) is 13.8. The van der Waals surface area contributed by atoms with E-state index in [1.54, 1.807) is 19.2 Å². The molecule has 0 saturated carbocycles. The minimum atomic E-state index is -0.499. The first-order valence-electron chi connectivity index (χ1n) is 8.15. The van der Waals surface area contributed by atoms with Crippen molar-refractivity contribution in [2.75, 3.05) is 7.05 Å². The molecule has 0 radical (unpaired) electrons. The Bertz CT molecular complexity index is 853. The number of halogens is 2. The van der Waals surface area contributed by atoms with E-state index in [1.807, 2.05) is 13.0 Å². The molecule has 6 heteroatoms. The van der Waals surface area contributed by atoms with Crippen molar-refractivity contribution in [1.29, 1.82) is 0 Å². The molecule has 2 aliphatic rings. The van der Waals surface area contributed by atoms with Crippen LogP contribution in [0.5, 0.6) is 11.5 Å². The van der Waals surface area contributed by atoms with Crippen molar-refractivity contribution in [2.24, 2.45) is 0 Å². The fourth-order valence-electron chi connectivity index (χ4n) is 3.67. The van der Waals surface area contributed by atoms with Gasteiger partial charge in [0, 0.05) is 24.6 Å². The summed E-state index contributed by atoms with van der Waals surface area (Å²) in [5, 5.41) is 2.73. The van der Waals surface area contributed by atoms with Gasteiger partial charge in [0.05, 0.1) is 4.47 Å². The van der Waals surface area contributed by atoms with Crippen LogP contribution in [0.15, 0.2) is 34.8 Å². The lowest BCUT2D eigenvalue weighted by molar-refractivity contribution is -0.123. The zero-order valence-corrected chi connectivity index (χ0v) is 15.4. The van der Waals surface area contributed by atoms with E-state index in [4.69, 9.17) is 9.47 Å². The molecule has 0 saturated heterocycles. The van der Waals surface area contributed by atoms with E-state index in [-0.39, 0.29) is 17.8 Å². The number of benzene rings is 2. The van der Waals surface area contributed by atoms with Crippen molar-refractivity contribution in [1.82, 2.24) is 5.32 Å². The number of ether oxygens (including phenoxy) is 2. The van der Waals surface area contributed by atoms with E-state index < -0.39 is 12.0 Å². The van der Waals surface area contributed by atoms with E-state index in [0.29, 0.717) is 5.75 Å². The van der Waals surface area contributed by atoms with Crippen molar-refractivity contribution >= 4 is 21.8 Å². The molecule has 2 aromatic carbocycles. The van der Waals surface area contributed by atoms with Crippen molar-refractivity contribution in [3.8, 4) is 11.5 Å². The average molecular weight is 406 g/mol. The summed E-state index contributed by atoms with van der Waals surface area (Å²) in [7, 11) is 1.61. The number of rotatable bonds is 2. The first-order valence-corrected chi connectivity index (χ1v) is 8.94. The van der Waals surface area contributed by atoms with Crippen LogP contribution in [-0.2, 0) is 11.2 Å². The van der Waals surface area contributed by atoms with Gasteiger partial charge in [0.2, 0.25) is 5.91 Å². The Morgan fingerprint density at radius 1 is 1.28 bits per heavy atom. The van der Waals surface area contributed by atoms with Gasteiger partial charge in [0.1, 0.15) is 35.4 Å². The minimum Gasteiger partial charge on any atom is -0.489 e. The maximum atomic E-state index is 13.3. The topological polar surface area (TPSA) is 47.6 Å². The highest BCUT2D eigenvalue weighted by Gasteiger charge is 2.44. The smallest absolute Gasteiger partial charge is 0.231 e. The number of hydrogen-bond donors (Lipinski definition) is 1. The Morgan fingerprint density at radius 2 is 2.00 bits per heavy atom. The third-order valence-electron chi connectivity index (χ3n) is 4.75. The average Bonchev–Trinajstić information content (AvgIpc) is 3.15. The van der Waals surface area contributed by atoms with Crippen LogP contribution in [-0.4, -0.2) is 19.1 Å². The highest BCUT2D eigenvalue weighted by Crippen LogP contribution is 2.53. The number of carbonyl (C=O) groups excluding carboxylic acids is 1. The van der Waals surface area contributed by atoms with Crippen LogP contribution in [0.3, 0.4) is 0 Å². The summed E-state index contributed by atoms with van der Waals surface area (Å²) < 4.78 is 26.2. The molecule has 1 amide bonds. The normalized spacial score (nSPS) is 23.4. The second-order valence-electron chi connectivity index (χ2n) is 6.39. The number of fused-ring (bicyclic) bond motifs is 3. The van der Waals surface area contributed by atoms with E-state index in [2.05, 4.69) is 21.2 Å². The molecule has 0 bridgehead atoms. The van der Waals surface area contributed by atoms with Gasteiger partial charge in [0.25, 0.3) is 0 Å². The SMILES string of the molecule is CNC(=O)C1c2c(cc(Br)c3c2CC(C)O3)OC1c1ccc(F)cc1. The Morgan fingerprint density at radius 3 is 2.68 bits per heavy atom. The van der Waals surface area contributed by atoms with Gasteiger partial charge >= 0.3 is 0 Å². The Balaban J connectivity index is 1.86. The molecule has 2 aromatic rings. The van der Waals surface area contributed by atoms with Gasteiger partial charge in [-0.2, -0.15) is 0 Å². The summed E-state index contributed by atoms with van der Waals surface area (Å²) in [5.74, 6) is 0.509. The number of carbonyl (C=O) groups is 1. The second kappa shape index (κ2) is 6.02. The molecule has 25 heavy (non-hydrogen) atoms. The summed E-state index contributed by atoms with van der Waals surface area (Å²) >= 11 is 3.53. The fraction of sp³-hybridized carbons (Fsp3) is 0.316. The maximum absolute atomic E-state index is 13.3. The van der Waals surface area contributed by atoms with Crippen LogP contribution in [0, 0.1) is 5.82 Å². The summed E-state index contributed by atoms with van der Waals surface area (Å²) in [5.41, 5.74) is 2.65. The molecule has 0 fully saturated rings. The predicted molar refractivity (Wildman–Crippen MR) is 94.5 cm³/mol. The van der Waals surface area contributed by atoms with Crippen LogP contribution in [0.2, 0.25) is 0 Å². The highest BCUT2D eigenvalue weighted by atomic mass is 79.9. The van der Waals surface area contributed by atoms with E-state index >= 15 is 0 Å². The van der Waals surface area contributed by atoms with Gasteiger partial charge in [-0.25, -0.2) is 4.39 Å². The van der Waals surface area contributed by atoms with Crippen LogP contribution in [0.1, 0.15) is 35.6 Å². The minimum absolute atomic E-state index is 0.0491. The summed E-state index contributed by atoms with van der Waals surface area (Å²) in [6.07, 6.45) is 0.280. The van der Waals surface area contributed by atoms with Gasteiger partial charge < -0.3 is 14.8 Å². The molecule has 1 N–H and O–H groups in total. The van der Waals surface area contributed by atoms with E-state index in [0.717, 1.165) is 33.3 Å². The summed E-state index contributed by atoms with van der Waals surface area (Å²) in [6.45, 7) is 2.00. The van der Waals surface area contributed by atoms with Gasteiger partial charge in [0.15, 0.2) is 0 Å². The van der Waals surface area contributed by atoms with Gasteiger partial charge in [-0.3, -0.25) is 4.79 Å². The molecule has 0 aromatic heterocycles. The molecule has 4 rings (SSSR count). The van der Waals surface area contributed by atoms with E-state index in [1.165, 1.54) is 12.1 Å². The van der Waals surface area contributed by atoms with Crippen molar-refractivity contribution in [3.05, 3.63) is 57.3 Å². The van der Waals surface area contributed by atoms with Gasteiger partial charge in [-0.1, -0.05) is 12.1 Å². The lowest BCUT2D eigenvalue weighted by Crippen LogP contribution is -2.29. The molecule has 2 heterocycles. The molecule has 130 valence electrons. The van der Waals surface area contributed by atoms with Crippen LogP contribution < -0.4 is 14.8 Å². The number of nitrogens with one attached hydrogen (secondary N) is 1. The van der Waals surface area contributed by atoms with Crippen molar-refractivity contribution in [3.63, 3.8) is 0 Å². The second-order valence-corrected chi connectivity index (χ2v) is 7.25. The highest BCUT2D eigenvalue weighted by molar-refractivity contribution is 9.10. The molecular weight excluding hydrogens is 389 g/mol. The third-order valence-corrected chi connectivity index (χ3v) is 5.33. The molecule has 3 atom stereocenters. The number of likely N-dealkylation sites (N-methyl/N-ethyl adjacent to an activating group) is 1. The largest absolute Gasteiger partial charge is 0.489 e. The van der Waals surface area contributed by atoms with E-state index in [9.17, 15) is 9.18 Å². The molecule has 2 aliphatic heterocycles. The van der Waals surface area contributed by atoms with Crippen LogP contribution >= 0.6 is 15.9 Å². The number of hydrogen-bond acceptors (Lipinski definition) is 3. The lowest BCUT2D eigenvalue weighted by Gasteiger charge is -2.19. The molecular formula is C19H17BrFNO3.